The van der Waals surface area contributed by atoms with Gasteiger partial charge in [0.2, 0.25) is 0 Å². The first-order valence-corrected chi connectivity index (χ1v) is 6.64. The minimum atomic E-state index is 0.609. The SMILES string of the molecule is CCC1CCCCN1C(C)CNC(C)C. The van der Waals surface area contributed by atoms with Gasteiger partial charge in [-0.2, -0.15) is 0 Å². The molecule has 90 valence electrons. The van der Waals surface area contributed by atoms with Gasteiger partial charge >= 0.3 is 0 Å². The van der Waals surface area contributed by atoms with Crippen molar-refractivity contribution in [1.29, 1.82) is 0 Å². The summed E-state index contributed by atoms with van der Waals surface area (Å²) in [5.74, 6) is 0. The zero-order chi connectivity index (χ0) is 11.3. The van der Waals surface area contributed by atoms with Gasteiger partial charge in [-0.05, 0) is 32.7 Å². The molecular formula is C13H28N2. The van der Waals surface area contributed by atoms with Crippen molar-refractivity contribution in [3.8, 4) is 0 Å². The van der Waals surface area contributed by atoms with Crippen LogP contribution in [0.2, 0.25) is 0 Å². The van der Waals surface area contributed by atoms with Crippen LogP contribution in [0.1, 0.15) is 53.4 Å². The summed E-state index contributed by atoms with van der Waals surface area (Å²) in [5.41, 5.74) is 0. The van der Waals surface area contributed by atoms with Crippen molar-refractivity contribution in [2.45, 2.75) is 71.5 Å². The quantitative estimate of drug-likeness (QED) is 0.753. The van der Waals surface area contributed by atoms with Crippen LogP contribution in [0.3, 0.4) is 0 Å². The number of piperidine rings is 1. The lowest BCUT2D eigenvalue weighted by molar-refractivity contribution is 0.0982. The molecule has 0 saturated carbocycles. The Balaban J connectivity index is 2.37. The van der Waals surface area contributed by atoms with Crippen molar-refractivity contribution in [2.75, 3.05) is 13.1 Å². The molecule has 1 aliphatic rings. The Morgan fingerprint density at radius 1 is 1.27 bits per heavy atom. The lowest BCUT2D eigenvalue weighted by atomic mass is 9.98. The summed E-state index contributed by atoms with van der Waals surface area (Å²) in [6.07, 6.45) is 5.54. The van der Waals surface area contributed by atoms with Crippen LogP contribution in [-0.4, -0.2) is 36.1 Å². The fourth-order valence-electron chi connectivity index (χ4n) is 2.57. The van der Waals surface area contributed by atoms with Gasteiger partial charge in [0.15, 0.2) is 0 Å². The number of hydrogen-bond donors (Lipinski definition) is 1. The zero-order valence-corrected chi connectivity index (χ0v) is 10.9. The van der Waals surface area contributed by atoms with Crippen molar-refractivity contribution in [2.24, 2.45) is 0 Å². The van der Waals surface area contributed by atoms with Crippen molar-refractivity contribution < 1.29 is 0 Å². The topological polar surface area (TPSA) is 15.3 Å². The lowest BCUT2D eigenvalue weighted by Crippen LogP contribution is -2.49. The van der Waals surface area contributed by atoms with Crippen LogP contribution in [0.4, 0.5) is 0 Å². The molecule has 1 rings (SSSR count). The molecule has 1 fully saturated rings. The standard InChI is InChI=1S/C13H28N2/c1-5-13-8-6-7-9-15(13)12(4)10-14-11(2)3/h11-14H,5-10H2,1-4H3. The average Bonchev–Trinajstić information content (AvgIpc) is 2.25. The first kappa shape index (κ1) is 13.0. The summed E-state index contributed by atoms with van der Waals surface area (Å²) in [6, 6.07) is 2.14. The van der Waals surface area contributed by atoms with Crippen LogP contribution in [0.25, 0.3) is 0 Å². The van der Waals surface area contributed by atoms with E-state index in [1.807, 2.05) is 0 Å². The summed E-state index contributed by atoms with van der Waals surface area (Å²) in [5, 5.41) is 3.55. The molecule has 0 aromatic carbocycles. The lowest BCUT2D eigenvalue weighted by Gasteiger charge is -2.40. The molecule has 1 saturated heterocycles. The molecule has 0 aliphatic carbocycles. The first-order valence-electron chi connectivity index (χ1n) is 6.64. The number of hydrogen-bond acceptors (Lipinski definition) is 2. The van der Waals surface area contributed by atoms with Crippen molar-refractivity contribution in [1.82, 2.24) is 10.2 Å². The van der Waals surface area contributed by atoms with E-state index in [1.165, 1.54) is 32.2 Å². The Bertz CT molecular complexity index is 168. The molecule has 1 aliphatic heterocycles. The Morgan fingerprint density at radius 2 is 2.00 bits per heavy atom. The second-order valence-electron chi connectivity index (χ2n) is 5.21. The normalized spacial score (nSPS) is 25.8. The predicted octanol–water partition coefficient (Wildman–Crippen LogP) is 2.64. The Kier molecular flexibility index (Phi) is 5.62. The second-order valence-corrected chi connectivity index (χ2v) is 5.21. The zero-order valence-electron chi connectivity index (χ0n) is 10.9. The number of likely N-dealkylation sites (tertiary alicyclic amines) is 1. The van der Waals surface area contributed by atoms with Crippen molar-refractivity contribution in [3.05, 3.63) is 0 Å². The first-order chi connectivity index (χ1) is 7.15. The highest BCUT2D eigenvalue weighted by atomic mass is 15.2. The van der Waals surface area contributed by atoms with Crippen molar-refractivity contribution >= 4 is 0 Å². The van der Waals surface area contributed by atoms with Crippen LogP contribution < -0.4 is 5.32 Å². The van der Waals surface area contributed by atoms with Crippen LogP contribution in [0.15, 0.2) is 0 Å². The second kappa shape index (κ2) is 6.49. The molecule has 2 unspecified atom stereocenters. The monoisotopic (exact) mass is 212 g/mol. The summed E-state index contributed by atoms with van der Waals surface area (Å²) in [6.45, 7) is 11.6. The Hall–Kier alpha value is -0.0800. The third-order valence-corrected chi connectivity index (χ3v) is 3.53. The maximum absolute atomic E-state index is 3.55. The van der Waals surface area contributed by atoms with Crippen LogP contribution in [0.5, 0.6) is 0 Å². The van der Waals surface area contributed by atoms with E-state index in [4.69, 9.17) is 0 Å². The van der Waals surface area contributed by atoms with E-state index in [2.05, 4.69) is 37.9 Å². The minimum absolute atomic E-state index is 0.609. The van der Waals surface area contributed by atoms with Gasteiger partial charge in [0, 0.05) is 24.7 Å². The van der Waals surface area contributed by atoms with E-state index in [9.17, 15) is 0 Å². The molecule has 0 amide bonds. The summed E-state index contributed by atoms with van der Waals surface area (Å²) < 4.78 is 0. The molecule has 0 radical (unpaired) electrons. The fourth-order valence-corrected chi connectivity index (χ4v) is 2.57. The molecule has 2 atom stereocenters. The number of rotatable bonds is 5. The highest BCUT2D eigenvalue weighted by Crippen LogP contribution is 2.21. The van der Waals surface area contributed by atoms with Crippen LogP contribution >= 0.6 is 0 Å². The van der Waals surface area contributed by atoms with Crippen LogP contribution in [-0.2, 0) is 0 Å². The van der Waals surface area contributed by atoms with Gasteiger partial charge < -0.3 is 5.32 Å². The molecule has 1 N–H and O–H groups in total. The smallest absolute Gasteiger partial charge is 0.0195 e. The fraction of sp³-hybridized carbons (Fsp3) is 1.00. The van der Waals surface area contributed by atoms with Crippen LogP contribution in [0, 0.1) is 0 Å². The van der Waals surface area contributed by atoms with Gasteiger partial charge in [-0.1, -0.05) is 27.2 Å². The molecule has 2 heteroatoms. The molecule has 15 heavy (non-hydrogen) atoms. The van der Waals surface area contributed by atoms with E-state index in [0.29, 0.717) is 12.1 Å². The summed E-state index contributed by atoms with van der Waals surface area (Å²) >= 11 is 0. The van der Waals surface area contributed by atoms with Gasteiger partial charge in [-0.15, -0.1) is 0 Å². The average molecular weight is 212 g/mol. The van der Waals surface area contributed by atoms with Gasteiger partial charge in [0.25, 0.3) is 0 Å². The van der Waals surface area contributed by atoms with Gasteiger partial charge in [0.1, 0.15) is 0 Å². The Labute approximate surface area is 95.4 Å². The molecule has 0 aromatic rings. The third kappa shape index (κ3) is 4.12. The highest BCUT2D eigenvalue weighted by molar-refractivity contribution is 4.81. The van der Waals surface area contributed by atoms with Gasteiger partial charge in [-0.25, -0.2) is 0 Å². The number of nitrogens with one attached hydrogen (secondary N) is 1. The van der Waals surface area contributed by atoms with E-state index in [-0.39, 0.29) is 0 Å². The van der Waals surface area contributed by atoms with Crippen molar-refractivity contribution in [3.63, 3.8) is 0 Å². The van der Waals surface area contributed by atoms with Gasteiger partial charge in [0.05, 0.1) is 0 Å². The van der Waals surface area contributed by atoms with E-state index in [0.717, 1.165) is 12.6 Å². The van der Waals surface area contributed by atoms with E-state index >= 15 is 0 Å². The van der Waals surface area contributed by atoms with E-state index < -0.39 is 0 Å². The molecular weight excluding hydrogens is 184 g/mol. The largest absolute Gasteiger partial charge is 0.313 e. The van der Waals surface area contributed by atoms with E-state index in [1.54, 1.807) is 0 Å². The molecule has 2 nitrogen and oxygen atoms in total. The molecule has 0 bridgehead atoms. The summed E-state index contributed by atoms with van der Waals surface area (Å²) in [4.78, 5) is 2.71. The molecule has 0 aromatic heterocycles. The third-order valence-electron chi connectivity index (χ3n) is 3.53. The number of nitrogens with zero attached hydrogens (tertiary/aromatic N) is 1. The molecule has 0 spiro atoms. The maximum atomic E-state index is 3.55. The predicted molar refractivity (Wildman–Crippen MR) is 67.2 cm³/mol. The molecule has 1 heterocycles. The Morgan fingerprint density at radius 3 is 2.60 bits per heavy atom. The minimum Gasteiger partial charge on any atom is -0.313 e. The van der Waals surface area contributed by atoms with Gasteiger partial charge in [-0.3, -0.25) is 4.90 Å². The highest BCUT2D eigenvalue weighted by Gasteiger charge is 2.24. The maximum Gasteiger partial charge on any atom is 0.0195 e. The summed E-state index contributed by atoms with van der Waals surface area (Å²) in [7, 11) is 0.